The molecule has 0 aliphatic heterocycles. The maximum atomic E-state index is 11.8. The molecule has 1 aromatic carbocycles. The van der Waals surface area contributed by atoms with Crippen molar-refractivity contribution >= 4 is 23.3 Å². The van der Waals surface area contributed by atoms with Crippen LogP contribution in [0.15, 0.2) is 30.5 Å². The van der Waals surface area contributed by atoms with E-state index < -0.39 is 5.97 Å². The Kier molecular flexibility index (Phi) is 3.53. The molecule has 18 heavy (non-hydrogen) atoms. The normalized spacial score (nSPS) is 10.3. The molecule has 94 valence electrons. The minimum Gasteiger partial charge on any atom is -0.455 e. The summed E-state index contributed by atoms with van der Waals surface area (Å²) in [6.45, 7) is 0.111. The quantitative estimate of drug-likeness (QED) is 0.681. The van der Waals surface area contributed by atoms with E-state index in [9.17, 15) is 4.79 Å². The highest BCUT2D eigenvalue weighted by Gasteiger charge is 2.12. The zero-order valence-corrected chi connectivity index (χ0v) is 10.5. The van der Waals surface area contributed by atoms with Gasteiger partial charge in [-0.2, -0.15) is 5.10 Å². The number of hydrogen-bond acceptors (Lipinski definition) is 4. The van der Waals surface area contributed by atoms with Gasteiger partial charge < -0.3 is 10.5 Å². The second kappa shape index (κ2) is 5.10. The largest absolute Gasteiger partial charge is 0.455 e. The first-order valence-corrected chi connectivity index (χ1v) is 5.65. The number of aryl methyl sites for hydroxylation is 1. The van der Waals surface area contributed by atoms with Gasteiger partial charge in [0.15, 0.2) is 0 Å². The van der Waals surface area contributed by atoms with Gasteiger partial charge in [-0.05, 0) is 24.3 Å². The van der Waals surface area contributed by atoms with Crippen LogP contribution in [0.1, 0.15) is 16.1 Å². The van der Waals surface area contributed by atoms with Crippen molar-refractivity contribution < 1.29 is 9.53 Å². The molecule has 2 N–H and O–H groups in total. The number of rotatable bonds is 3. The Labute approximate surface area is 109 Å². The Bertz CT molecular complexity index is 580. The monoisotopic (exact) mass is 265 g/mol. The standard InChI is InChI=1S/C12H12ClN3O2/c1-16-5-4-9(15-16)7-18-12(17)10-3-2-8(14)6-11(10)13/h2-6H,7,14H2,1H3. The van der Waals surface area contributed by atoms with Crippen LogP contribution in [0, 0.1) is 0 Å². The van der Waals surface area contributed by atoms with Gasteiger partial charge in [-0.15, -0.1) is 0 Å². The summed E-state index contributed by atoms with van der Waals surface area (Å²) in [4.78, 5) is 11.8. The van der Waals surface area contributed by atoms with Crippen molar-refractivity contribution in [3.05, 3.63) is 46.7 Å². The summed E-state index contributed by atoms with van der Waals surface area (Å²) in [5, 5.41) is 4.38. The van der Waals surface area contributed by atoms with Crippen molar-refractivity contribution in [2.24, 2.45) is 7.05 Å². The van der Waals surface area contributed by atoms with Crippen LogP contribution in [0.3, 0.4) is 0 Å². The Morgan fingerprint density at radius 3 is 2.89 bits per heavy atom. The van der Waals surface area contributed by atoms with Gasteiger partial charge in [-0.3, -0.25) is 4.68 Å². The minimum atomic E-state index is -0.495. The van der Waals surface area contributed by atoms with Crippen LogP contribution in [0.5, 0.6) is 0 Å². The summed E-state index contributed by atoms with van der Waals surface area (Å²) >= 11 is 5.91. The summed E-state index contributed by atoms with van der Waals surface area (Å²) in [6.07, 6.45) is 1.78. The highest BCUT2D eigenvalue weighted by Crippen LogP contribution is 2.20. The second-order valence-corrected chi connectivity index (χ2v) is 4.20. The number of nitrogens with two attached hydrogens (primary N) is 1. The van der Waals surface area contributed by atoms with E-state index in [1.165, 1.54) is 6.07 Å². The molecule has 0 unspecified atom stereocenters. The molecule has 0 aliphatic carbocycles. The molecule has 2 rings (SSSR count). The first-order valence-electron chi connectivity index (χ1n) is 5.27. The second-order valence-electron chi connectivity index (χ2n) is 3.80. The van der Waals surface area contributed by atoms with E-state index in [1.807, 2.05) is 0 Å². The van der Waals surface area contributed by atoms with Gasteiger partial charge in [0.25, 0.3) is 0 Å². The van der Waals surface area contributed by atoms with E-state index in [2.05, 4.69) is 5.10 Å². The van der Waals surface area contributed by atoms with Crippen LogP contribution in [0.4, 0.5) is 5.69 Å². The number of hydrogen-bond donors (Lipinski definition) is 1. The Morgan fingerprint density at radius 1 is 1.50 bits per heavy atom. The van der Waals surface area contributed by atoms with Crippen molar-refractivity contribution in [1.29, 1.82) is 0 Å². The maximum Gasteiger partial charge on any atom is 0.340 e. The van der Waals surface area contributed by atoms with Crippen LogP contribution in [0.2, 0.25) is 5.02 Å². The predicted octanol–water partition coefficient (Wildman–Crippen LogP) is 2.01. The van der Waals surface area contributed by atoms with Crippen molar-refractivity contribution in [3.8, 4) is 0 Å². The molecular weight excluding hydrogens is 254 g/mol. The van der Waals surface area contributed by atoms with E-state index >= 15 is 0 Å². The third-order valence-corrected chi connectivity index (χ3v) is 2.65. The van der Waals surface area contributed by atoms with Gasteiger partial charge in [0.2, 0.25) is 0 Å². The number of halogens is 1. The van der Waals surface area contributed by atoms with Crippen molar-refractivity contribution in [2.75, 3.05) is 5.73 Å². The molecule has 2 aromatic rings. The summed E-state index contributed by atoms with van der Waals surface area (Å²) < 4.78 is 6.75. The third kappa shape index (κ3) is 2.81. The molecule has 0 saturated carbocycles. The lowest BCUT2D eigenvalue weighted by molar-refractivity contribution is 0.0467. The third-order valence-electron chi connectivity index (χ3n) is 2.33. The van der Waals surface area contributed by atoms with Gasteiger partial charge in [0.1, 0.15) is 6.61 Å². The molecule has 0 amide bonds. The highest BCUT2D eigenvalue weighted by atomic mass is 35.5. The van der Waals surface area contributed by atoms with Crippen molar-refractivity contribution in [3.63, 3.8) is 0 Å². The number of anilines is 1. The zero-order valence-electron chi connectivity index (χ0n) is 9.76. The molecule has 6 heteroatoms. The van der Waals surface area contributed by atoms with Gasteiger partial charge in [-0.25, -0.2) is 4.79 Å². The lowest BCUT2D eigenvalue weighted by Gasteiger charge is -2.05. The minimum absolute atomic E-state index is 0.111. The van der Waals surface area contributed by atoms with Gasteiger partial charge in [-0.1, -0.05) is 11.6 Å². The number of carbonyl (C=O) groups excluding carboxylic acids is 1. The van der Waals surface area contributed by atoms with E-state index in [0.29, 0.717) is 16.9 Å². The lowest BCUT2D eigenvalue weighted by atomic mass is 10.2. The number of benzene rings is 1. The SMILES string of the molecule is Cn1ccc(COC(=O)c2ccc(N)cc2Cl)n1. The highest BCUT2D eigenvalue weighted by molar-refractivity contribution is 6.33. The topological polar surface area (TPSA) is 70.1 Å². The fraction of sp³-hybridized carbons (Fsp3) is 0.167. The fourth-order valence-corrected chi connectivity index (χ4v) is 1.72. The summed E-state index contributed by atoms with van der Waals surface area (Å²) in [7, 11) is 1.79. The fourth-order valence-electron chi connectivity index (χ4n) is 1.45. The summed E-state index contributed by atoms with van der Waals surface area (Å²) in [6, 6.07) is 6.43. The van der Waals surface area contributed by atoms with Crippen LogP contribution in [-0.4, -0.2) is 15.7 Å². The lowest BCUT2D eigenvalue weighted by Crippen LogP contribution is -2.07. The van der Waals surface area contributed by atoms with Crippen LogP contribution in [-0.2, 0) is 18.4 Å². The van der Waals surface area contributed by atoms with E-state index in [0.717, 1.165) is 0 Å². The molecule has 0 saturated heterocycles. The molecule has 1 aromatic heterocycles. The molecule has 0 spiro atoms. The Balaban J connectivity index is 2.03. The molecular formula is C12H12ClN3O2. The smallest absolute Gasteiger partial charge is 0.340 e. The number of carbonyl (C=O) groups is 1. The average Bonchev–Trinajstić information content (AvgIpc) is 2.72. The first-order chi connectivity index (χ1) is 8.56. The Morgan fingerprint density at radius 2 is 2.28 bits per heavy atom. The molecule has 0 bridgehead atoms. The molecule has 0 atom stereocenters. The molecule has 5 nitrogen and oxygen atoms in total. The predicted molar refractivity (Wildman–Crippen MR) is 68.2 cm³/mol. The van der Waals surface area contributed by atoms with Crippen LogP contribution in [0.25, 0.3) is 0 Å². The van der Waals surface area contributed by atoms with Gasteiger partial charge in [0, 0.05) is 18.9 Å². The Hall–Kier alpha value is -2.01. The van der Waals surface area contributed by atoms with E-state index in [1.54, 1.807) is 36.1 Å². The number of esters is 1. The number of ether oxygens (including phenoxy) is 1. The van der Waals surface area contributed by atoms with Crippen molar-refractivity contribution in [2.45, 2.75) is 6.61 Å². The van der Waals surface area contributed by atoms with Crippen LogP contribution >= 0.6 is 11.6 Å². The van der Waals surface area contributed by atoms with E-state index in [-0.39, 0.29) is 11.6 Å². The first kappa shape index (κ1) is 12.4. The van der Waals surface area contributed by atoms with Crippen LogP contribution < -0.4 is 5.73 Å². The van der Waals surface area contributed by atoms with Gasteiger partial charge in [0.05, 0.1) is 16.3 Å². The number of nitrogens with zero attached hydrogens (tertiary/aromatic N) is 2. The van der Waals surface area contributed by atoms with E-state index in [4.69, 9.17) is 22.1 Å². The molecule has 0 radical (unpaired) electrons. The summed E-state index contributed by atoms with van der Waals surface area (Å²) in [5.74, 6) is -0.495. The van der Waals surface area contributed by atoms with Gasteiger partial charge >= 0.3 is 5.97 Å². The molecule has 1 heterocycles. The number of aromatic nitrogens is 2. The van der Waals surface area contributed by atoms with Crippen molar-refractivity contribution in [1.82, 2.24) is 9.78 Å². The molecule has 0 aliphatic rings. The summed E-state index contributed by atoms with van der Waals surface area (Å²) in [5.41, 5.74) is 7.02. The number of nitrogen functional groups attached to an aromatic ring is 1. The zero-order chi connectivity index (χ0) is 13.1. The molecule has 0 fully saturated rings. The average molecular weight is 266 g/mol. The maximum absolute atomic E-state index is 11.8.